The molecule has 0 aromatic rings. The van der Waals surface area contributed by atoms with Gasteiger partial charge in [0.1, 0.15) is 12.7 Å². The third kappa shape index (κ3) is 15.7. The molecule has 0 aromatic carbocycles. The minimum atomic E-state index is -1.51. The summed E-state index contributed by atoms with van der Waals surface area (Å²) in [7, 11) is 0. The van der Waals surface area contributed by atoms with E-state index in [1.807, 2.05) is 0 Å². The largest absolute Gasteiger partial charge is 0.463 e. The highest BCUT2D eigenvalue weighted by atomic mass is 16.7. The fourth-order valence-corrected chi connectivity index (χ4v) is 4.47. The van der Waals surface area contributed by atoms with Crippen molar-refractivity contribution in [2.24, 2.45) is 0 Å². The van der Waals surface area contributed by atoms with Crippen LogP contribution < -0.4 is 0 Å². The fourth-order valence-electron chi connectivity index (χ4n) is 4.47. The van der Waals surface area contributed by atoms with Crippen molar-refractivity contribution in [2.45, 2.75) is 135 Å². The van der Waals surface area contributed by atoms with Gasteiger partial charge in [-0.3, -0.25) is 24.0 Å². The van der Waals surface area contributed by atoms with Crippen LogP contribution in [0.15, 0.2) is 0 Å². The van der Waals surface area contributed by atoms with Crippen LogP contribution in [0, 0.1) is 0 Å². The highest BCUT2D eigenvalue weighted by molar-refractivity contribution is 5.70. The summed E-state index contributed by atoms with van der Waals surface area (Å²) >= 11 is 0. The Balaban J connectivity index is 2.58. The van der Waals surface area contributed by atoms with E-state index in [2.05, 4.69) is 0 Å². The van der Waals surface area contributed by atoms with Crippen molar-refractivity contribution in [3.05, 3.63) is 0 Å². The molecule has 1 rings (SSSR count). The summed E-state index contributed by atoms with van der Waals surface area (Å²) in [6, 6.07) is 0. The van der Waals surface area contributed by atoms with E-state index >= 15 is 0 Å². The molecule has 1 aliphatic rings. The van der Waals surface area contributed by atoms with E-state index in [4.69, 9.17) is 33.5 Å². The predicted molar refractivity (Wildman–Crippen MR) is 142 cm³/mol. The lowest BCUT2D eigenvalue weighted by Gasteiger charge is -2.43. The van der Waals surface area contributed by atoms with Crippen molar-refractivity contribution in [3.8, 4) is 0 Å². The van der Waals surface area contributed by atoms with Gasteiger partial charge in [0.15, 0.2) is 12.2 Å². The average molecular weight is 591 g/mol. The first-order valence-electron chi connectivity index (χ1n) is 14.2. The van der Waals surface area contributed by atoms with E-state index < -0.39 is 73.3 Å². The second-order valence-electron chi connectivity index (χ2n) is 10.1. The van der Waals surface area contributed by atoms with Gasteiger partial charge < -0.3 is 38.6 Å². The minimum absolute atomic E-state index is 0.162. The molecule has 2 N–H and O–H groups in total. The topological polar surface area (TPSA) is 181 Å². The Hall–Kier alpha value is -2.77. The first-order chi connectivity index (χ1) is 19.4. The number of hydrogen-bond acceptors (Lipinski definition) is 13. The van der Waals surface area contributed by atoms with Crippen molar-refractivity contribution in [3.63, 3.8) is 0 Å². The molecule has 1 saturated heterocycles. The monoisotopic (exact) mass is 590 g/mol. The quantitative estimate of drug-likeness (QED) is 0.127. The fraction of sp³-hybridized carbons (Fsp3) is 0.821. The van der Waals surface area contributed by atoms with Crippen LogP contribution in [0.1, 0.15) is 98.3 Å². The summed E-state index contributed by atoms with van der Waals surface area (Å²) in [5.41, 5.74) is 0. The van der Waals surface area contributed by atoms with Gasteiger partial charge in [-0.05, 0) is 12.8 Å². The number of carbonyl (C=O) groups excluding carboxylic acids is 5. The second-order valence-corrected chi connectivity index (χ2v) is 10.1. The number of ether oxygens (including phenoxy) is 6. The number of esters is 5. The van der Waals surface area contributed by atoms with Crippen molar-refractivity contribution < 1.29 is 62.6 Å². The third-order valence-corrected chi connectivity index (χ3v) is 6.32. The zero-order valence-electron chi connectivity index (χ0n) is 24.5. The van der Waals surface area contributed by atoms with Crippen LogP contribution in [0.4, 0.5) is 0 Å². The van der Waals surface area contributed by atoms with Gasteiger partial charge in [0.25, 0.3) is 0 Å². The van der Waals surface area contributed by atoms with E-state index in [0.29, 0.717) is 12.8 Å². The molecule has 0 spiro atoms. The maximum Gasteiger partial charge on any atom is 0.305 e. The summed E-state index contributed by atoms with van der Waals surface area (Å²) in [5.74, 6) is -3.58. The Morgan fingerprint density at radius 1 is 0.659 bits per heavy atom. The number of aliphatic hydroxyl groups is 2. The Bertz CT molecular complexity index is 830. The summed E-state index contributed by atoms with van der Waals surface area (Å²) < 4.78 is 32.0. The Labute approximate surface area is 241 Å². The van der Waals surface area contributed by atoms with Crippen molar-refractivity contribution >= 4 is 29.8 Å². The molecule has 0 aliphatic carbocycles. The van der Waals surface area contributed by atoms with Crippen LogP contribution in [0.3, 0.4) is 0 Å². The maximum absolute atomic E-state index is 12.4. The first kappa shape index (κ1) is 36.3. The van der Waals surface area contributed by atoms with Crippen molar-refractivity contribution in [1.82, 2.24) is 0 Å². The predicted octanol–water partition coefficient (Wildman–Crippen LogP) is 2.26. The molecule has 0 saturated carbocycles. The van der Waals surface area contributed by atoms with Crippen LogP contribution in [0.5, 0.6) is 0 Å². The number of rotatable bonds is 19. The maximum atomic E-state index is 12.4. The first-order valence-corrected chi connectivity index (χ1v) is 14.2. The van der Waals surface area contributed by atoms with Crippen molar-refractivity contribution in [1.29, 1.82) is 0 Å². The van der Waals surface area contributed by atoms with E-state index in [1.165, 1.54) is 0 Å². The van der Waals surface area contributed by atoms with Crippen LogP contribution in [0.2, 0.25) is 0 Å². The molecule has 1 fully saturated rings. The molecule has 1 heterocycles. The van der Waals surface area contributed by atoms with Crippen molar-refractivity contribution in [2.75, 3.05) is 13.2 Å². The number of aliphatic hydroxyl groups excluding tert-OH is 2. The summed E-state index contributed by atoms with van der Waals surface area (Å²) in [6.45, 7) is 3.84. The lowest BCUT2D eigenvalue weighted by Crippen LogP contribution is -2.63. The molecular weight excluding hydrogens is 544 g/mol. The zero-order valence-corrected chi connectivity index (χ0v) is 24.5. The summed E-state index contributed by atoms with van der Waals surface area (Å²) in [6.07, 6.45) is 2.01. The zero-order chi connectivity index (χ0) is 30.8. The molecule has 6 atom stereocenters. The number of unbranched alkanes of at least 4 members (excludes halogenated alkanes) is 8. The van der Waals surface area contributed by atoms with Crippen LogP contribution in [-0.4, -0.2) is 90.1 Å². The molecular formula is C28H46O13. The SMILES string of the molecule is CC(=O)O[C@@H]1O[C@H](COC(=O)CCCCCCCCCCCC(O)CO)[C@@H](OC(C)=O)[C@H](OC(C)=O)[C@H]1OC(C)=O. The molecule has 236 valence electrons. The summed E-state index contributed by atoms with van der Waals surface area (Å²) in [4.78, 5) is 59.4. The van der Waals surface area contributed by atoms with Crippen LogP contribution in [-0.2, 0) is 52.4 Å². The third-order valence-electron chi connectivity index (χ3n) is 6.32. The molecule has 1 unspecified atom stereocenters. The van der Waals surface area contributed by atoms with E-state index in [-0.39, 0.29) is 13.0 Å². The molecule has 0 aromatic heterocycles. The normalized spacial score (nSPS) is 22.7. The average Bonchev–Trinajstić information content (AvgIpc) is 2.88. The molecule has 1 aliphatic heterocycles. The van der Waals surface area contributed by atoms with Gasteiger partial charge >= 0.3 is 29.8 Å². The molecule has 0 amide bonds. The van der Waals surface area contributed by atoms with Gasteiger partial charge in [-0.25, -0.2) is 0 Å². The van der Waals surface area contributed by atoms with Gasteiger partial charge in [0.2, 0.25) is 12.4 Å². The molecule has 0 bridgehead atoms. The number of hydrogen-bond donors (Lipinski definition) is 2. The van der Waals surface area contributed by atoms with Crippen LogP contribution >= 0.6 is 0 Å². The van der Waals surface area contributed by atoms with Gasteiger partial charge in [-0.15, -0.1) is 0 Å². The van der Waals surface area contributed by atoms with Gasteiger partial charge in [0.05, 0.1) is 12.7 Å². The smallest absolute Gasteiger partial charge is 0.305 e. The number of carbonyl (C=O) groups is 5. The second kappa shape index (κ2) is 20.2. The Kier molecular flexibility index (Phi) is 17.8. The summed E-state index contributed by atoms with van der Waals surface area (Å²) in [5, 5.41) is 18.1. The molecule has 41 heavy (non-hydrogen) atoms. The van der Waals surface area contributed by atoms with E-state index in [0.717, 1.165) is 79.1 Å². The lowest BCUT2D eigenvalue weighted by molar-refractivity contribution is -0.300. The van der Waals surface area contributed by atoms with Crippen LogP contribution in [0.25, 0.3) is 0 Å². The Morgan fingerprint density at radius 3 is 1.63 bits per heavy atom. The highest BCUT2D eigenvalue weighted by Crippen LogP contribution is 2.30. The highest BCUT2D eigenvalue weighted by Gasteiger charge is 2.53. The molecule has 13 heteroatoms. The minimum Gasteiger partial charge on any atom is -0.463 e. The van der Waals surface area contributed by atoms with Gasteiger partial charge in [-0.1, -0.05) is 51.4 Å². The van der Waals surface area contributed by atoms with E-state index in [9.17, 15) is 29.1 Å². The van der Waals surface area contributed by atoms with Gasteiger partial charge in [0, 0.05) is 34.1 Å². The van der Waals surface area contributed by atoms with Gasteiger partial charge in [-0.2, -0.15) is 0 Å². The molecule has 0 radical (unpaired) electrons. The molecule has 13 nitrogen and oxygen atoms in total. The lowest BCUT2D eigenvalue weighted by atomic mass is 9.98. The Morgan fingerprint density at radius 2 is 1.12 bits per heavy atom. The van der Waals surface area contributed by atoms with E-state index in [1.54, 1.807) is 0 Å². The standard InChI is InChI=1S/C28H46O13/c1-18(30)37-25-23(41-28(40-21(4)33)27(39-20(3)32)26(25)38-19(2)31)17-36-24(35)15-13-11-9-7-5-6-8-10-12-14-22(34)16-29/h22-23,25-29,34H,5-17H2,1-4H3/t22?,23-,25-,26+,27-,28-/m1/s1.